The van der Waals surface area contributed by atoms with Crippen LogP contribution in [0, 0.1) is 0 Å². The summed E-state index contributed by atoms with van der Waals surface area (Å²) < 4.78 is 11.2. The summed E-state index contributed by atoms with van der Waals surface area (Å²) in [5, 5.41) is 0.368. The molecule has 0 aliphatic carbocycles. The SMILES string of the molecule is C=CCS(=O)c1ncccn1. The molecule has 1 aromatic rings. The Balaban J connectivity index is 2.77. The van der Waals surface area contributed by atoms with Crippen molar-refractivity contribution < 1.29 is 4.21 Å². The van der Waals surface area contributed by atoms with E-state index in [0.29, 0.717) is 10.9 Å². The average Bonchev–Trinajstić information content (AvgIpc) is 2.07. The Morgan fingerprint density at radius 1 is 1.55 bits per heavy atom. The van der Waals surface area contributed by atoms with Gasteiger partial charge in [0.15, 0.2) is 0 Å². The zero-order valence-electron chi connectivity index (χ0n) is 5.93. The van der Waals surface area contributed by atoms with Crippen LogP contribution in [0.4, 0.5) is 0 Å². The van der Waals surface area contributed by atoms with Crippen LogP contribution >= 0.6 is 0 Å². The van der Waals surface area contributed by atoms with Crippen molar-refractivity contribution in [1.29, 1.82) is 0 Å². The molecule has 11 heavy (non-hydrogen) atoms. The summed E-state index contributed by atoms with van der Waals surface area (Å²) in [7, 11) is -1.12. The first kappa shape index (κ1) is 8.07. The molecule has 1 heterocycles. The molecule has 0 aliphatic heterocycles. The van der Waals surface area contributed by atoms with Crippen LogP contribution in [-0.4, -0.2) is 19.9 Å². The minimum Gasteiger partial charge on any atom is -0.251 e. The second-order valence-electron chi connectivity index (χ2n) is 1.83. The predicted molar refractivity (Wildman–Crippen MR) is 43.5 cm³/mol. The number of hydrogen-bond acceptors (Lipinski definition) is 3. The van der Waals surface area contributed by atoms with Gasteiger partial charge in [-0.1, -0.05) is 6.08 Å². The van der Waals surface area contributed by atoms with Gasteiger partial charge in [-0.25, -0.2) is 9.97 Å². The molecule has 4 heteroatoms. The molecule has 0 aliphatic rings. The van der Waals surface area contributed by atoms with Crippen LogP contribution in [0.25, 0.3) is 0 Å². The third kappa shape index (κ3) is 2.23. The quantitative estimate of drug-likeness (QED) is 0.494. The number of rotatable bonds is 3. The molecule has 0 amide bonds. The molecule has 0 saturated carbocycles. The molecule has 1 rings (SSSR count). The second kappa shape index (κ2) is 3.98. The van der Waals surface area contributed by atoms with Gasteiger partial charge in [-0.3, -0.25) is 4.21 Å². The summed E-state index contributed by atoms with van der Waals surface area (Å²) in [5.74, 6) is 0.407. The molecule has 1 unspecified atom stereocenters. The average molecular weight is 168 g/mol. The van der Waals surface area contributed by atoms with E-state index in [1.807, 2.05) is 0 Å². The minimum absolute atomic E-state index is 0.368. The van der Waals surface area contributed by atoms with Crippen LogP contribution in [0.5, 0.6) is 0 Å². The highest BCUT2D eigenvalue weighted by atomic mass is 32.2. The van der Waals surface area contributed by atoms with Crippen molar-refractivity contribution in [2.24, 2.45) is 0 Å². The lowest BCUT2D eigenvalue weighted by Crippen LogP contribution is -1.99. The maximum absolute atomic E-state index is 11.2. The van der Waals surface area contributed by atoms with E-state index in [1.165, 1.54) is 0 Å². The van der Waals surface area contributed by atoms with Crippen LogP contribution in [0.15, 0.2) is 36.3 Å². The Bertz CT molecular complexity index is 260. The van der Waals surface area contributed by atoms with Crippen molar-refractivity contribution in [2.75, 3.05) is 5.75 Å². The summed E-state index contributed by atoms with van der Waals surface area (Å²) in [5.41, 5.74) is 0. The van der Waals surface area contributed by atoms with Gasteiger partial charge in [-0.05, 0) is 6.07 Å². The zero-order valence-corrected chi connectivity index (χ0v) is 6.75. The Hall–Kier alpha value is -1.03. The van der Waals surface area contributed by atoms with Crippen molar-refractivity contribution in [2.45, 2.75) is 5.16 Å². The maximum Gasteiger partial charge on any atom is 0.218 e. The zero-order chi connectivity index (χ0) is 8.10. The molecule has 1 atom stereocenters. The highest BCUT2D eigenvalue weighted by Gasteiger charge is 2.01. The van der Waals surface area contributed by atoms with Gasteiger partial charge in [0.2, 0.25) is 5.16 Å². The summed E-state index contributed by atoms with van der Waals surface area (Å²) in [6.45, 7) is 3.48. The van der Waals surface area contributed by atoms with Gasteiger partial charge in [0, 0.05) is 18.1 Å². The molecule has 1 aromatic heterocycles. The van der Waals surface area contributed by atoms with E-state index in [0.717, 1.165) is 0 Å². The van der Waals surface area contributed by atoms with Gasteiger partial charge in [-0.2, -0.15) is 0 Å². The van der Waals surface area contributed by atoms with Gasteiger partial charge in [0.05, 0.1) is 10.8 Å². The summed E-state index contributed by atoms with van der Waals surface area (Å²) in [6.07, 6.45) is 4.74. The lowest BCUT2D eigenvalue weighted by molar-refractivity contribution is 0.677. The van der Waals surface area contributed by atoms with E-state index in [9.17, 15) is 4.21 Å². The van der Waals surface area contributed by atoms with Gasteiger partial charge >= 0.3 is 0 Å². The first-order chi connectivity index (χ1) is 5.34. The first-order valence-electron chi connectivity index (χ1n) is 3.11. The van der Waals surface area contributed by atoms with Crippen LogP contribution in [0.2, 0.25) is 0 Å². The molecule has 0 N–H and O–H groups in total. The van der Waals surface area contributed by atoms with Gasteiger partial charge in [0.25, 0.3) is 0 Å². The van der Waals surface area contributed by atoms with Crippen molar-refractivity contribution in [1.82, 2.24) is 9.97 Å². The second-order valence-corrected chi connectivity index (χ2v) is 3.22. The van der Waals surface area contributed by atoms with Gasteiger partial charge in [-0.15, -0.1) is 6.58 Å². The molecule has 0 fully saturated rings. The largest absolute Gasteiger partial charge is 0.251 e. The molecule has 58 valence electrons. The smallest absolute Gasteiger partial charge is 0.218 e. The molecular formula is C7H8N2OS. The highest BCUT2D eigenvalue weighted by Crippen LogP contribution is 1.95. The topological polar surface area (TPSA) is 42.9 Å². The summed E-state index contributed by atoms with van der Waals surface area (Å²) in [4.78, 5) is 7.68. The van der Waals surface area contributed by atoms with Crippen molar-refractivity contribution in [3.8, 4) is 0 Å². The monoisotopic (exact) mass is 168 g/mol. The van der Waals surface area contributed by atoms with E-state index in [2.05, 4.69) is 16.5 Å². The Kier molecular flexibility index (Phi) is 2.92. The van der Waals surface area contributed by atoms with E-state index < -0.39 is 10.8 Å². The fraction of sp³-hybridized carbons (Fsp3) is 0.143. The molecule has 0 aromatic carbocycles. The summed E-state index contributed by atoms with van der Waals surface area (Å²) in [6, 6.07) is 1.69. The Morgan fingerprint density at radius 3 is 2.73 bits per heavy atom. The minimum atomic E-state index is -1.12. The fourth-order valence-electron chi connectivity index (χ4n) is 0.585. The Morgan fingerprint density at radius 2 is 2.18 bits per heavy atom. The molecule has 0 radical (unpaired) electrons. The number of nitrogens with zero attached hydrogens (tertiary/aromatic N) is 2. The molecular weight excluding hydrogens is 160 g/mol. The maximum atomic E-state index is 11.2. The molecule has 0 saturated heterocycles. The first-order valence-corrected chi connectivity index (χ1v) is 4.43. The van der Waals surface area contributed by atoms with E-state index in [-0.39, 0.29) is 0 Å². The Labute approximate surface area is 67.7 Å². The van der Waals surface area contributed by atoms with Crippen LogP contribution in [-0.2, 0) is 10.8 Å². The normalized spacial score (nSPS) is 12.4. The molecule has 3 nitrogen and oxygen atoms in total. The highest BCUT2D eigenvalue weighted by molar-refractivity contribution is 7.85. The number of aromatic nitrogens is 2. The molecule has 0 spiro atoms. The lowest BCUT2D eigenvalue weighted by Gasteiger charge is -1.93. The standard InChI is InChI=1S/C7H8N2OS/c1-2-6-11(10)7-8-4-3-5-9-7/h2-5H,1,6H2. The summed E-state index contributed by atoms with van der Waals surface area (Å²) >= 11 is 0. The van der Waals surface area contributed by atoms with Crippen LogP contribution in [0.1, 0.15) is 0 Å². The van der Waals surface area contributed by atoms with Crippen molar-refractivity contribution >= 4 is 10.8 Å². The van der Waals surface area contributed by atoms with E-state index >= 15 is 0 Å². The van der Waals surface area contributed by atoms with Crippen LogP contribution in [0.3, 0.4) is 0 Å². The van der Waals surface area contributed by atoms with Crippen molar-refractivity contribution in [3.05, 3.63) is 31.1 Å². The molecule has 0 bridgehead atoms. The van der Waals surface area contributed by atoms with Crippen molar-refractivity contribution in [3.63, 3.8) is 0 Å². The van der Waals surface area contributed by atoms with E-state index in [1.54, 1.807) is 24.5 Å². The fourth-order valence-corrected chi connectivity index (χ4v) is 1.30. The van der Waals surface area contributed by atoms with Crippen LogP contribution < -0.4 is 0 Å². The predicted octanol–water partition coefficient (Wildman–Crippen LogP) is 0.770. The third-order valence-electron chi connectivity index (χ3n) is 1.01. The lowest BCUT2D eigenvalue weighted by atomic mass is 10.7. The van der Waals surface area contributed by atoms with Gasteiger partial charge < -0.3 is 0 Å². The third-order valence-corrected chi connectivity index (χ3v) is 2.17. The van der Waals surface area contributed by atoms with Gasteiger partial charge in [0.1, 0.15) is 0 Å². The number of hydrogen-bond donors (Lipinski definition) is 0. The van der Waals surface area contributed by atoms with E-state index in [4.69, 9.17) is 0 Å².